The molecule has 0 radical (unpaired) electrons. The van der Waals surface area contributed by atoms with E-state index in [1.807, 2.05) is 23.1 Å². The van der Waals surface area contributed by atoms with Gasteiger partial charge in [0.05, 0.1) is 13.0 Å². The minimum Gasteiger partial charge on any atom is -0.481 e. The lowest BCUT2D eigenvalue weighted by atomic mass is 9.91. The van der Waals surface area contributed by atoms with E-state index in [2.05, 4.69) is 24.0 Å². The van der Waals surface area contributed by atoms with Gasteiger partial charge in [0, 0.05) is 39.0 Å². The predicted molar refractivity (Wildman–Crippen MR) is 93.6 cm³/mol. The van der Waals surface area contributed by atoms with E-state index in [0.717, 1.165) is 25.9 Å². The summed E-state index contributed by atoms with van der Waals surface area (Å²) in [5, 5.41) is 8.79. The van der Waals surface area contributed by atoms with E-state index >= 15 is 0 Å². The molecule has 2 aliphatic heterocycles. The number of ether oxygens (including phenoxy) is 1. The number of carboxylic acid groups (broad SMARTS) is 1. The van der Waals surface area contributed by atoms with Gasteiger partial charge in [-0.1, -0.05) is 37.3 Å². The molecule has 1 atom stereocenters. The molecular weight excluding hydrogens is 320 g/mol. The van der Waals surface area contributed by atoms with Gasteiger partial charge in [-0.2, -0.15) is 0 Å². The van der Waals surface area contributed by atoms with E-state index < -0.39 is 11.6 Å². The Morgan fingerprint density at radius 1 is 1.28 bits per heavy atom. The Balaban J connectivity index is 1.53. The van der Waals surface area contributed by atoms with Gasteiger partial charge in [-0.15, -0.1) is 0 Å². The van der Waals surface area contributed by atoms with Crippen LogP contribution in [-0.4, -0.2) is 65.3 Å². The van der Waals surface area contributed by atoms with Gasteiger partial charge in [0.1, 0.15) is 5.60 Å². The van der Waals surface area contributed by atoms with Gasteiger partial charge >= 0.3 is 12.1 Å². The SMILES string of the molecule is C[C@H](CN1CC2(CCN(CCC(=O)O)CC2)OC1=O)c1ccccc1. The van der Waals surface area contributed by atoms with Crippen LogP contribution in [0.3, 0.4) is 0 Å². The second-order valence-electron chi connectivity index (χ2n) is 7.23. The number of carbonyl (C=O) groups excluding carboxylic acids is 1. The van der Waals surface area contributed by atoms with Gasteiger partial charge in [-0.3, -0.25) is 4.79 Å². The number of amides is 1. The van der Waals surface area contributed by atoms with E-state index in [1.165, 1.54) is 5.56 Å². The third-order valence-electron chi connectivity index (χ3n) is 5.31. The maximum atomic E-state index is 12.3. The molecule has 136 valence electrons. The lowest BCUT2D eigenvalue weighted by Gasteiger charge is -2.37. The van der Waals surface area contributed by atoms with Crippen molar-refractivity contribution in [3.05, 3.63) is 35.9 Å². The molecule has 1 N–H and O–H groups in total. The summed E-state index contributed by atoms with van der Waals surface area (Å²) in [6.07, 6.45) is 1.48. The molecule has 2 heterocycles. The molecule has 1 aromatic carbocycles. The van der Waals surface area contributed by atoms with E-state index in [1.54, 1.807) is 0 Å². The zero-order valence-electron chi connectivity index (χ0n) is 14.7. The van der Waals surface area contributed by atoms with Crippen molar-refractivity contribution in [2.24, 2.45) is 0 Å². The fourth-order valence-corrected chi connectivity index (χ4v) is 3.75. The number of nitrogens with zero attached hydrogens (tertiary/aromatic N) is 2. The summed E-state index contributed by atoms with van der Waals surface area (Å²) in [6.45, 7) is 5.55. The van der Waals surface area contributed by atoms with E-state index in [9.17, 15) is 9.59 Å². The van der Waals surface area contributed by atoms with Crippen LogP contribution in [0.25, 0.3) is 0 Å². The fraction of sp³-hybridized carbons (Fsp3) is 0.579. The largest absolute Gasteiger partial charge is 0.481 e. The first-order valence-corrected chi connectivity index (χ1v) is 8.94. The number of rotatable bonds is 6. The van der Waals surface area contributed by atoms with Crippen LogP contribution in [0.5, 0.6) is 0 Å². The van der Waals surface area contributed by atoms with Crippen LogP contribution in [0.4, 0.5) is 4.79 Å². The Bertz CT molecular complexity index is 611. The molecule has 2 saturated heterocycles. The maximum Gasteiger partial charge on any atom is 0.410 e. The maximum absolute atomic E-state index is 12.3. The molecule has 0 bridgehead atoms. The molecule has 6 nitrogen and oxygen atoms in total. The highest BCUT2D eigenvalue weighted by Gasteiger charge is 2.47. The Labute approximate surface area is 148 Å². The normalized spacial score (nSPS) is 21.3. The number of likely N-dealkylation sites (tertiary alicyclic amines) is 1. The first-order chi connectivity index (χ1) is 12.0. The number of aliphatic carboxylic acids is 1. The monoisotopic (exact) mass is 346 g/mol. The van der Waals surface area contributed by atoms with Crippen LogP contribution in [0.15, 0.2) is 30.3 Å². The van der Waals surface area contributed by atoms with E-state index in [4.69, 9.17) is 9.84 Å². The average molecular weight is 346 g/mol. The van der Waals surface area contributed by atoms with Gasteiger partial charge in [0.2, 0.25) is 0 Å². The Morgan fingerprint density at radius 3 is 2.60 bits per heavy atom. The molecular formula is C19H26N2O4. The highest BCUT2D eigenvalue weighted by Crippen LogP contribution is 2.34. The van der Waals surface area contributed by atoms with Crippen molar-refractivity contribution in [1.82, 2.24) is 9.80 Å². The smallest absolute Gasteiger partial charge is 0.410 e. The standard InChI is InChI=1S/C19H26N2O4/c1-15(16-5-3-2-4-6-16)13-21-14-19(25-18(21)24)8-11-20(12-9-19)10-7-17(22)23/h2-6,15H,7-14H2,1H3,(H,22,23)/t15-/m1/s1. The van der Waals surface area contributed by atoms with Crippen LogP contribution in [-0.2, 0) is 9.53 Å². The van der Waals surface area contributed by atoms with Crippen molar-refractivity contribution in [2.75, 3.05) is 32.7 Å². The number of hydrogen-bond acceptors (Lipinski definition) is 4. The molecule has 6 heteroatoms. The first kappa shape index (κ1) is 17.7. The zero-order valence-corrected chi connectivity index (χ0v) is 14.7. The van der Waals surface area contributed by atoms with Crippen molar-refractivity contribution in [2.45, 2.75) is 37.7 Å². The summed E-state index contributed by atoms with van der Waals surface area (Å²) < 4.78 is 5.76. The second-order valence-corrected chi connectivity index (χ2v) is 7.23. The third kappa shape index (κ3) is 4.31. The van der Waals surface area contributed by atoms with Crippen molar-refractivity contribution in [3.8, 4) is 0 Å². The van der Waals surface area contributed by atoms with E-state index in [0.29, 0.717) is 19.6 Å². The predicted octanol–water partition coefficient (Wildman–Crippen LogP) is 2.55. The number of hydrogen-bond donors (Lipinski definition) is 1. The minimum absolute atomic E-state index is 0.160. The van der Waals surface area contributed by atoms with Gasteiger partial charge in [0.15, 0.2) is 0 Å². The zero-order chi connectivity index (χ0) is 17.9. The molecule has 1 amide bonds. The molecule has 0 aliphatic carbocycles. The topological polar surface area (TPSA) is 70.1 Å². The quantitative estimate of drug-likeness (QED) is 0.857. The highest BCUT2D eigenvalue weighted by atomic mass is 16.6. The van der Waals surface area contributed by atoms with Gasteiger partial charge in [0.25, 0.3) is 0 Å². The van der Waals surface area contributed by atoms with Crippen LogP contribution in [0.1, 0.15) is 37.7 Å². The lowest BCUT2D eigenvalue weighted by Crippen LogP contribution is -2.47. The van der Waals surface area contributed by atoms with Crippen molar-refractivity contribution in [3.63, 3.8) is 0 Å². The van der Waals surface area contributed by atoms with Crippen LogP contribution < -0.4 is 0 Å². The number of carbonyl (C=O) groups is 2. The summed E-state index contributed by atoms with van der Waals surface area (Å²) in [6, 6.07) is 10.2. The molecule has 1 aromatic rings. The van der Waals surface area contributed by atoms with Gasteiger partial charge in [-0.25, -0.2) is 4.79 Å². The minimum atomic E-state index is -0.770. The van der Waals surface area contributed by atoms with Gasteiger partial charge < -0.3 is 19.6 Å². The highest BCUT2D eigenvalue weighted by molar-refractivity contribution is 5.71. The van der Waals surface area contributed by atoms with Crippen molar-refractivity contribution >= 4 is 12.1 Å². The van der Waals surface area contributed by atoms with Crippen LogP contribution in [0, 0.1) is 0 Å². The second kappa shape index (κ2) is 7.44. The van der Waals surface area contributed by atoms with Crippen molar-refractivity contribution in [1.29, 1.82) is 0 Å². The summed E-state index contributed by atoms with van der Waals surface area (Å²) in [5.74, 6) is -0.506. The van der Waals surface area contributed by atoms with Crippen LogP contribution in [0.2, 0.25) is 0 Å². The van der Waals surface area contributed by atoms with Crippen molar-refractivity contribution < 1.29 is 19.4 Å². The molecule has 0 aromatic heterocycles. The van der Waals surface area contributed by atoms with Crippen LogP contribution >= 0.6 is 0 Å². The summed E-state index contributed by atoms with van der Waals surface area (Å²) in [7, 11) is 0. The average Bonchev–Trinajstić information content (AvgIpc) is 2.90. The molecule has 25 heavy (non-hydrogen) atoms. The number of benzene rings is 1. The Hall–Kier alpha value is -2.08. The van der Waals surface area contributed by atoms with E-state index in [-0.39, 0.29) is 18.4 Å². The fourth-order valence-electron chi connectivity index (χ4n) is 3.75. The molecule has 0 saturated carbocycles. The summed E-state index contributed by atoms with van der Waals surface area (Å²) in [4.78, 5) is 27.0. The van der Waals surface area contributed by atoms with Gasteiger partial charge in [-0.05, 0) is 11.5 Å². The first-order valence-electron chi connectivity index (χ1n) is 8.94. The molecule has 1 spiro atoms. The number of carboxylic acids is 1. The summed E-state index contributed by atoms with van der Waals surface area (Å²) >= 11 is 0. The lowest BCUT2D eigenvalue weighted by molar-refractivity contribution is -0.137. The third-order valence-corrected chi connectivity index (χ3v) is 5.31. The summed E-state index contributed by atoms with van der Waals surface area (Å²) in [5.41, 5.74) is 0.826. The Kier molecular flexibility index (Phi) is 5.27. The molecule has 0 unspecified atom stereocenters. The molecule has 2 aliphatic rings. The number of piperidine rings is 1. The Morgan fingerprint density at radius 2 is 1.96 bits per heavy atom. The molecule has 3 rings (SSSR count). The molecule has 2 fully saturated rings.